The number of para-hydroxylation sites is 1. The molecule has 2 aliphatic rings. The van der Waals surface area contributed by atoms with E-state index in [-0.39, 0.29) is 5.41 Å². The van der Waals surface area contributed by atoms with Crippen LogP contribution in [0.4, 0.5) is 17.1 Å². The highest BCUT2D eigenvalue weighted by atomic mass is 15.1. The second kappa shape index (κ2) is 12.0. The number of nitrogens with zero attached hydrogens (tertiary/aromatic N) is 1. The highest BCUT2D eigenvalue weighted by Crippen LogP contribution is 2.52. The van der Waals surface area contributed by atoms with E-state index in [0.29, 0.717) is 5.92 Å². The van der Waals surface area contributed by atoms with Gasteiger partial charge in [-0.05, 0) is 106 Å². The predicted molar refractivity (Wildman–Crippen MR) is 200 cm³/mol. The summed E-state index contributed by atoms with van der Waals surface area (Å²) in [6.07, 6.45) is 6.69. The van der Waals surface area contributed by atoms with E-state index in [0.717, 1.165) is 0 Å². The minimum atomic E-state index is -0.0807. The molecule has 1 nitrogen and oxygen atoms in total. The first kappa shape index (κ1) is 29.5. The Bertz CT molecular complexity index is 2040. The summed E-state index contributed by atoms with van der Waals surface area (Å²) >= 11 is 0. The van der Waals surface area contributed by atoms with Gasteiger partial charge in [-0.2, -0.15) is 0 Å². The van der Waals surface area contributed by atoms with E-state index in [1.54, 1.807) is 0 Å². The van der Waals surface area contributed by atoms with E-state index < -0.39 is 0 Å². The van der Waals surface area contributed by atoms with E-state index in [4.69, 9.17) is 0 Å². The topological polar surface area (TPSA) is 3.24 Å². The van der Waals surface area contributed by atoms with Crippen LogP contribution in [0, 0.1) is 6.92 Å². The van der Waals surface area contributed by atoms with Crippen LogP contribution < -0.4 is 4.90 Å². The van der Waals surface area contributed by atoms with Crippen molar-refractivity contribution in [2.45, 2.75) is 64.2 Å². The summed E-state index contributed by atoms with van der Waals surface area (Å²) in [5, 5.41) is 0. The second-order valence-corrected chi connectivity index (χ2v) is 14.0. The van der Waals surface area contributed by atoms with Crippen LogP contribution in [0.15, 0.2) is 140 Å². The zero-order chi connectivity index (χ0) is 32.0. The highest BCUT2D eigenvalue weighted by molar-refractivity contribution is 5.95. The summed E-state index contributed by atoms with van der Waals surface area (Å²) in [5.41, 5.74) is 16.8. The normalized spacial score (nSPS) is 15.2. The van der Waals surface area contributed by atoms with E-state index in [2.05, 4.69) is 165 Å². The van der Waals surface area contributed by atoms with Crippen molar-refractivity contribution in [2.24, 2.45) is 0 Å². The van der Waals surface area contributed by atoms with Crippen molar-refractivity contribution in [3.63, 3.8) is 0 Å². The number of rotatable bonds is 6. The predicted octanol–water partition coefficient (Wildman–Crippen LogP) is 13.2. The molecule has 8 rings (SSSR count). The summed E-state index contributed by atoms with van der Waals surface area (Å²) < 4.78 is 0. The van der Waals surface area contributed by atoms with Gasteiger partial charge in [0.15, 0.2) is 0 Å². The maximum atomic E-state index is 2.49. The molecule has 0 radical (unpaired) electrons. The van der Waals surface area contributed by atoms with Crippen molar-refractivity contribution < 1.29 is 0 Å². The van der Waals surface area contributed by atoms with Gasteiger partial charge in [-0.25, -0.2) is 0 Å². The molecule has 6 aromatic carbocycles. The number of aryl methyl sites for hydroxylation is 1. The molecule has 1 heteroatoms. The van der Waals surface area contributed by atoms with Gasteiger partial charge in [0.2, 0.25) is 0 Å². The molecule has 0 spiro atoms. The number of anilines is 3. The molecule has 2 aliphatic carbocycles. The van der Waals surface area contributed by atoms with Crippen molar-refractivity contribution in [2.75, 3.05) is 4.90 Å². The van der Waals surface area contributed by atoms with E-state index in [9.17, 15) is 0 Å². The fourth-order valence-electron chi connectivity index (χ4n) is 8.34. The maximum Gasteiger partial charge on any atom is 0.0540 e. The number of benzene rings is 6. The van der Waals surface area contributed by atoms with Gasteiger partial charge in [-0.15, -0.1) is 0 Å². The molecule has 0 unspecified atom stereocenters. The third kappa shape index (κ3) is 5.19. The van der Waals surface area contributed by atoms with Crippen molar-refractivity contribution >= 4 is 17.1 Å². The minimum absolute atomic E-state index is 0.0807. The van der Waals surface area contributed by atoms with Gasteiger partial charge in [0.05, 0.1) is 5.69 Å². The Morgan fingerprint density at radius 1 is 0.532 bits per heavy atom. The number of hydrogen-bond donors (Lipinski definition) is 0. The zero-order valence-corrected chi connectivity index (χ0v) is 27.8. The standard InChI is InChI=1S/C46H43N/c1-32-15-14-23-42-45(32)41-30-29-37(31-43(41)46(42,2)3)47(36-27-25-34(26-28-36)33-16-6-4-7-17-33)44-24-13-12-22-40(44)39-21-11-10-20-38(39)35-18-8-5-9-19-35/h5,8-15,18-31,33H,4,6-7,16-17H2,1-3H3. The molecule has 0 saturated heterocycles. The van der Waals surface area contributed by atoms with E-state index in [1.165, 1.54) is 105 Å². The molecule has 232 valence electrons. The molecule has 6 aromatic rings. The van der Waals surface area contributed by atoms with Crippen LogP contribution in [0.25, 0.3) is 33.4 Å². The smallest absolute Gasteiger partial charge is 0.0540 e. The van der Waals surface area contributed by atoms with Crippen LogP contribution in [-0.2, 0) is 5.41 Å². The summed E-state index contributed by atoms with van der Waals surface area (Å²) in [6, 6.07) is 52.0. The van der Waals surface area contributed by atoms with E-state index >= 15 is 0 Å². The Labute approximate surface area is 280 Å². The molecule has 0 aliphatic heterocycles. The fourth-order valence-corrected chi connectivity index (χ4v) is 8.34. The van der Waals surface area contributed by atoms with Gasteiger partial charge in [0.25, 0.3) is 0 Å². The van der Waals surface area contributed by atoms with Crippen molar-refractivity contribution in [1.29, 1.82) is 0 Å². The average Bonchev–Trinajstić information content (AvgIpc) is 3.36. The SMILES string of the molecule is Cc1cccc2c1-c1ccc(N(c3ccc(C4CCCCC4)cc3)c3ccccc3-c3ccccc3-c3ccccc3)cc1C2(C)C. The molecule has 1 saturated carbocycles. The molecular formula is C46H43N. The summed E-state index contributed by atoms with van der Waals surface area (Å²) in [4.78, 5) is 2.49. The Kier molecular flexibility index (Phi) is 7.57. The lowest BCUT2D eigenvalue weighted by Gasteiger charge is -2.30. The van der Waals surface area contributed by atoms with Crippen molar-refractivity contribution in [3.8, 4) is 33.4 Å². The summed E-state index contributed by atoms with van der Waals surface area (Å²) in [7, 11) is 0. The van der Waals surface area contributed by atoms with Gasteiger partial charge in [-0.3, -0.25) is 0 Å². The van der Waals surface area contributed by atoms with Crippen molar-refractivity contribution in [1.82, 2.24) is 0 Å². The highest BCUT2D eigenvalue weighted by Gasteiger charge is 2.37. The lowest BCUT2D eigenvalue weighted by molar-refractivity contribution is 0.443. The first-order valence-corrected chi connectivity index (χ1v) is 17.4. The van der Waals surface area contributed by atoms with E-state index in [1.807, 2.05) is 0 Å². The molecule has 0 atom stereocenters. The van der Waals surface area contributed by atoms with Crippen LogP contribution in [0.2, 0.25) is 0 Å². The van der Waals surface area contributed by atoms with Crippen molar-refractivity contribution in [3.05, 3.63) is 162 Å². The largest absolute Gasteiger partial charge is 0.310 e. The lowest BCUT2D eigenvalue weighted by atomic mass is 9.82. The number of hydrogen-bond acceptors (Lipinski definition) is 1. The molecule has 47 heavy (non-hydrogen) atoms. The lowest BCUT2D eigenvalue weighted by Crippen LogP contribution is -2.17. The first-order chi connectivity index (χ1) is 23.0. The summed E-state index contributed by atoms with van der Waals surface area (Å²) in [5.74, 6) is 0.679. The van der Waals surface area contributed by atoms with Crippen LogP contribution in [-0.4, -0.2) is 0 Å². The third-order valence-electron chi connectivity index (χ3n) is 10.8. The molecule has 0 N–H and O–H groups in total. The van der Waals surface area contributed by atoms with Gasteiger partial charge >= 0.3 is 0 Å². The van der Waals surface area contributed by atoms with Crippen LogP contribution in [0.1, 0.15) is 74.1 Å². The quantitative estimate of drug-likeness (QED) is 0.182. The Morgan fingerprint density at radius 3 is 1.96 bits per heavy atom. The maximum absolute atomic E-state index is 2.49. The molecule has 0 bridgehead atoms. The van der Waals surface area contributed by atoms with Gasteiger partial charge in [0, 0.05) is 22.4 Å². The molecule has 1 fully saturated rings. The van der Waals surface area contributed by atoms with Crippen LogP contribution in [0.5, 0.6) is 0 Å². The third-order valence-corrected chi connectivity index (χ3v) is 10.8. The zero-order valence-electron chi connectivity index (χ0n) is 27.8. The minimum Gasteiger partial charge on any atom is -0.310 e. The Hall–Kier alpha value is -4.88. The summed E-state index contributed by atoms with van der Waals surface area (Å²) in [6.45, 7) is 7.01. The Balaban J connectivity index is 1.31. The Morgan fingerprint density at radius 2 is 1.19 bits per heavy atom. The van der Waals surface area contributed by atoms with Gasteiger partial charge < -0.3 is 4.90 Å². The molecule has 0 heterocycles. The monoisotopic (exact) mass is 609 g/mol. The molecule has 0 aromatic heterocycles. The second-order valence-electron chi connectivity index (χ2n) is 14.0. The molecular weight excluding hydrogens is 567 g/mol. The van der Waals surface area contributed by atoms with Crippen LogP contribution >= 0.6 is 0 Å². The first-order valence-electron chi connectivity index (χ1n) is 17.4. The van der Waals surface area contributed by atoms with Gasteiger partial charge in [-0.1, -0.05) is 142 Å². The van der Waals surface area contributed by atoms with Gasteiger partial charge in [0.1, 0.15) is 0 Å². The molecule has 0 amide bonds. The fraction of sp³-hybridized carbons (Fsp3) is 0.217. The average molecular weight is 610 g/mol. The van der Waals surface area contributed by atoms with Crippen LogP contribution in [0.3, 0.4) is 0 Å². The number of fused-ring (bicyclic) bond motifs is 3.